The highest BCUT2D eigenvalue weighted by atomic mass is 16.6. The van der Waals surface area contributed by atoms with Crippen molar-refractivity contribution in [1.29, 1.82) is 0 Å². The molecule has 0 spiro atoms. The first kappa shape index (κ1) is 14.2. The smallest absolute Gasteiger partial charge is 0.410 e. The van der Waals surface area contributed by atoms with E-state index in [0.29, 0.717) is 24.8 Å². The summed E-state index contributed by atoms with van der Waals surface area (Å²) in [7, 11) is 0. The van der Waals surface area contributed by atoms with E-state index in [4.69, 9.17) is 4.74 Å². The van der Waals surface area contributed by atoms with E-state index in [1.807, 2.05) is 20.8 Å². The number of nitrogens with zero attached hydrogens (tertiary/aromatic N) is 1. The molecule has 2 aliphatic heterocycles. The summed E-state index contributed by atoms with van der Waals surface area (Å²) < 4.78 is 5.41. The molecule has 0 aromatic rings. The van der Waals surface area contributed by atoms with Gasteiger partial charge in [-0.05, 0) is 45.4 Å². The average molecular weight is 268 g/mol. The van der Waals surface area contributed by atoms with Crippen molar-refractivity contribution in [2.75, 3.05) is 19.6 Å². The fourth-order valence-corrected chi connectivity index (χ4v) is 2.85. The van der Waals surface area contributed by atoms with Crippen molar-refractivity contribution in [2.45, 2.75) is 45.6 Å². The molecule has 0 aliphatic carbocycles. The molecule has 5 nitrogen and oxygen atoms in total. The standard InChI is InChI=1S/C14H24N2O3/c1-14(2,3)19-13(18)16-6-4-5-10(9-16)11-7-12(17)15-8-11/h10-11H,4-9H2,1-3H3,(H,15,17)/t10-,11+/m1/s1. The molecule has 2 fully saturated rings. The van der Waals surface area contributed by atoms with Gasteiger partial charge < -0.3 is 15.0 Å². The largest absolute Gasteiger partial charge is 0.444 e. The van der Waals surface area contributed by atoms with E-state index in [-0.39, 0.29) is 12.0 Å². The predicted octanol–water partition coefficient (Wildman–Crippen LogP) is 1.77. The van der Waals surface area contributed by atoms with Crippen molar-refractivity contribution in [2.24, 2.45) is 11.8 Å². The number of likely N-dealkylation sites (tertiary alicyclic amines) is 1. The van der Waals surface area contributed by atoms with Crippen molar-refractivity contribution in [3.05, 3.63) is 0 Å². The lowest BCUT2D eigenvalue weighted by Gasteiger charge is -2.36. The topological polar surface area (TPSA) is 58.6 Å². The van der Waals surface area contributed by atoms with Gasteiger partial charge in [-0.1, -0.05) is 0 Å². The lowest BCUT2D eigenvalue weighted by Crippen LogP contribution is -2.44. The highest BCUT2D eigenvalue weighted by Crippen LogP contribution is 2.29. The Morgan fingerprint density at radius 3 is 2.68 bits per heavy atom. The first-order valence-electron chi connectivity index (χ1n) is 7.10. The van der Waals surface area contributed by atoms with Crippen LogP contribution in [0.15, 0.2) is 0 Å². The van der Waals surface area contributed by atoms with Gasteiger partial charge in [-0.2, -0.15) is 0 Å². The molecular weight excluding hydrogens is 244 g/mol. The maximum absolute atomic E-state index is 12.1. The van der Waals surface area contributed by atoms with Gasteiger partial charge in [0.05, 0.1) is 0 Å². The van der Waals surface area contributed by atoms with Crippen molar-refractivity contribution >= 4 is 12.0 Å². The number of hydrogen-bond donors (Lipinski definition) is 1. The van der Waals surface area contributed by atoms with E-state index in [0.717, 1.165) is 25.9 Å². The van der Waals surface area contributed by atoms with Crippen LogP contribution in [-0.2, 0) is 9.53 Å². The molecule has 1 N–H and O–H groups in total. The summed E-state index contributed by atoms with van der Waals surface area (Å²) in [6.07, 6.45) is 2.47. The minimum atomic E-state index is -0.449. The number of nitrogens with one attached hydrogen (secondary N) is 1. The Kier molecular flexibility index (Phi) is 4.02. The molecule has 0 saturated carbocycles. The molecule has 0 aromatic carbocycles. The van der Waals surface area contributed by atoms with Crippen molar-refractivity contribution in [1.82, 2.24) is 10.2 Å². The summed E-state index contributed by atoms with van der Waals surface area (Å²) in [6.45, 7) is 7.88. The molecule has 5 heteroatoms. The first-order valence-corrected chi connectivity index (χ1v) is 7.10. The van der Waals surface area contributed by atoms with Gasteiger partial charge in [-0.3, -0.25) is 4.79 Å². The second-order valence-electron chi connectivity index (χ2n) is 6.60. The van der Waals surface area contributed by atoms with Crippen molar-refractivity contribution in [3.63, 3.8) is 0 Å². The van der Waals surface area contributed by atoms with Crippen molar-refractivity contribution in [3.8, 4) is 0 Å². The molecule has 2 rings (SSSR count). The molecule has 0 aromatic heterocycles. The summed E-state index contributed by atoms with van der Waals surface area (Å²) in [6, 6.07) is 0. The van der Waals surface area contributed by atoms with Crippen LogP contribution in [0.4, 0.5) is 4.79 Å². The zero-order chi connectivity index (χ0) is 14.0. The zero-order valence-electron chi connectivity index (χ0n) is 12.1. The number of hydrogen-bond acceptors (Lipinski definition) is 3. The third-order valence-corrected chi connectivity index (χ3v) is 3.79. The summed E-state index contributed by atoms with van der Waals surface area (Å²) in [5.74, 6) is 0.928. The lowest BCUT2D eigenvalue weighted by atomic mass is 9.85. The first-order chi connectivity index (χ1) is 8.85. The van der Waals surface area contributed by atoms with Gasteiger partial charge in [0.15, 0.2) is 0 Å². The molecule has 0 radical (unpaired) electrons. The molecular formula is C14H24N2O3. The maximum Gasteiger partial charge on any atom is 0.410 e. The van der Waals surface area contributed by atoms with Crippen molar-refractivity contribution < 1.29 is 14.3 Å². The van der Waals surface area contributed by atoms with E-state index in [2.05, 4.69) is 5.32 Å². The van der Waals surface area contributed by atoms with Crippen LogP contribution in [0.2, 0.25) is 0 Å². The van der Waals surface area contributed by atoms with Gasteiger partial charge in [-0.25, -0.2) is 4.79 Å². The zero-order valence-corrected chi connectivity index (χ0v) is 12.1. The summed E-state index contributed by atoms with van der Waals surface area (Å²) in [5, 5.41) is 2.88. The van der Waals surface area contributed by atoms with Gasteiger partial charge in [-0.15, -0.1) is 0 Å². The highest BCUT2D eigenvalue weighted by molar-refractivity contribution is 5.78. The van der Waals surface area contributed by atoms with Gasteiger partial charge in [0.1, 0.15) is 5.60 Å². The Balaban J connectivity index is 1.90. The van der Waals surface area contributed by atoms with Crippen LogP contribution in [0.25, 0.3) is 0 Å². The number of rotatable bonds is 1. The second-order valence-corrected chi connectivity index (χ2v) is 6.60. The third-order valence-electron chi connectivity index (χ3n) is 3.79. The summed E-state index contributed by atoms with van der Waals surface area (Å²) >= 11 is 0. The van der Waals surface area contributed by atoms with Crippen LogP contribution in [0.1, 0.15) is 40.0 Å². The minimum absolute atomic E-state index is 0.138. The van der Waals surface area contributed by atoms with Crippen LogP contribution in [0.3, 0.4) is 0 Å². The van der Waals surface area contributed by atoms with E-state index in [1.165, 1.54) is 0 Å². The fourth-order valence-electron chi connectivity index (χ4n) is 2.85. The quantitative estimate of drug-likeness (QED) is 0.788. The number of amides is 2. The van der Waals surface area contributed by atoms with Gasteiger partial charge in [0, 0.05) is 26.1 Å². The van der Waals surface area contributed by atoms with Crippen LogP contribution >= 0.6 is 0 Å². The number of ether oxygens (including phenoxy) is 1. The van der Waals surface area contributed by atoms with E-state index in [9.17, 15) is 9.59 Å². The number of carbonyl (C=O) groups is 2. The van der Waals surface area contributed by atoms with Crippen LogP contribution < -0.4 is 5.32 Å². The van der Waals surface area contributed by atoms with E-state index < -0.39 is 5.60 Å². The molecule has 2 saturated heterocycles. The van der Waals surface area contributed by atoms with E-state index in [1.54, 1.807) is 4.90 Å². The monoisotopic (exact) mass is 268 g/mol. The molecule has 2 atom stereocenters. The molecule has 2 heterocycles. The van der Waals surface area contributed by atoms with Gasteiger partial charge in [0.2, 0.25) is 5.91 Å². The normalized spacial score (nSPS) is 28.2. The Morgan fingerprint density at radius 2 is 2.11 bits per heavy atom. The molecule has 0 bridgehead atoms. The maximum atomic E-state index is 12.1. The van der Waals surface area contributed by atoms with Crippen LogP contribution in [0.5, 0.6) is 0 Å². The molecule has 108 valence electrons. The molecule has 0 unspecified atom stereocenters. The Labute approximate surface area is 114 Å². The SMILES string of the molecule is CC(C)(C)OC(=O)N1CCC[C@@H]([C@@H]2CNC(=O)C2)C1. The second kappa shape index (κ2) is 5.39. The fraction of sp³-hybridized carbons (Fsp3) is 0.857. The summed E-state index contributed by atoms with van der Waals surface area (Å²) in [5.41, 5.74) is -0.449. The Hall–Kier alpha value is -1.26. The van der Waals surface area contributed by atoms with Gasteiger partial charge in [0.25, 0.3) is 0 Å². The van der Waals surface area contributed by atoms with Gasteiger partial charge >= 0.3 is 6.09 Å². The minimum Gasteiger partial charge on any atom is -0.444 e. The lowest BCUT2D eigenvalue weighted by molar-refractivity contribution is -0.119. The predicted molar refractivity (Wildman–Crippen MR) is 71.6 cm³/mol. The average Bonchev–Trinajstić information content (AvgIpc) is 2.74. The molecule has 2 amide bonds. The summed E-state index contributed by atoms with van der Waals surface area (Å²) in [4.78, 5) is 25.1. The molecule has 2 aliphatic rings. The Bertz CT molecular complexity index is 362. The molecule has 19 heavy (non-hydrogen) atoms. The van der Waals surface area contributed by atoms with Crippen LogP contribution in [0, 0.1) is 11.8 Å². The Morgan fingerprint density at radius 1 is 1.37 bits per heavy atom. The number of carbonyl (C=O) groups excluding carboxylic acids is 2. The highest BCUT2D eigenvalue weighted by Gasteiger charge is 2.34. The third kappa shape index (κ3) is 3.85. The van der Waals surface area contributed by atoms with Crippen LogP contribution in [-0.4, -0.2) is 42.1 Å². The number of piperidine rings is 1. The van der Waals surface area contributed by atoms with E-state index >= 15 is 0 Å².